The van der Waals surface area contributed by atoms with Crippen LogP contribution in [0.1, 0.15) is 17.9 Å². The second kappa shape index (κ2) is 3.15. The summed E-state index contributed by atoms with van der Waals surface area (Å²) >= 11 is 0. The second-order valence-electron chi connectivity index (χ2n) is 3.36. The van der Waals surface area contributed by atoms with E-state index in [4.69, 9.17) is 5.73 Å². The monoisotopic (exact) mass is 162 g/mol. The van der Waals surface area contributed by atoms with Gasteiger partial charge in [0.15, 0.2) is 0 Å². The summed E-state index contributed by atoms with van der Waals surface area (Å²) in [7, 11) is 0. The zero-order valence-corrected chi connectivity index (χ0v) is 7.09. The van der Waals surface area contributed by atoms with Gasteiger partial charge in [-0.25, -0.2) is 0 Å². The maximum absolute atomic E-state index is 5.71. The molecule has 0 unspecified atom stereocenters. The number of rotatable bonds is 1. The zero-order chi connectivity index (χ0) is 8.39. The van der Waals surface area contributed by atoms with Crippen molar-refractivity contribution in [3.05, 3.63) is 29.8 Å². The van der Waals surface area contributed by atoms with Crippen LogP contribution in [0.4, 0.5) is 5.69 Å². The van der Waals surface area contributed by atoms with Crippen molar-refractivity contribution in [2.75, 3.05) is 18.8 Å². The summed E-state index contributed by atoms with van der Waals surface area (Å²) in [5.74, 6) is 0.675. The van der Waals surface area contributed by atoms with E-state index in [0.717, 1.165) is 18.8 Å². The van der Waals surface area contributed by atoms with Crippen LogP contribution in [0.5, 0.6) is 0 Å². The Morgan fingerprint density at radius 3 is 3.00 bits per heavy atom. The van der Waals surface area contributed by atoms with Crippen molar-refractivity contribution in [1.82, 2.24) is 5.32 Å². The molecule has 64 valence electrons. The van der Waals surface area contributed by atoms with E-state index in [9.17, 15) is 0 Å². The first-order valence-corrected chi connectivity index (χ1v) is 4.42. The summed E-state index contributed by atoms with van der Waals surface area (Å²) in [5, 5.41) is 3.35. The first-order valence-electron chi connectivity index (χ1n) is 4.42. The minimum absolute atomic E-state index is 0.675. The number of nitrogen functional groups attached to an aromatic ring is 1. The highest BCUT2D eigenvalue weighted by atomic mass is 14.9. The molecule has 3 N–H and O–H groups in total. The van der Waals surface area contributed by atoms with E-state index >= 15 is 0 Å². The quantitative estimate of drug-likeness (QED) is 0.612. The third-order valence-electron chi connectivity index (χ3n) is 2.44. The van der Waals surface area contributed by atoms with Crippen LogP contribution >= 0.6 is 0 Å². The van der Waals surface area contributed by atoms with Crippen LogP contribution in [0, 0.1) is 0 Å². The lowest BCUT2D eigenvalue weighted by atomic mass is 9.98. The van der Waals surface area contributed by atoms with Crippen LogP contribution in [0.25, 0.3) is 0 Å². The summed E-state index contributed by atoms with van der Waals surface area (Å²) in [6, 6.07) is 8.21. The van der Waals surface area contributed by atoms with Gasteiger partial charge in [-0.3, -0.25) is 0 Å². The number of hydrogen-bond donors (Lipinski definition) is 2. The Hall–Kier alpha value is -1.02. The highest BCUT2D eigenvalue weighted by Crippen LogP contribution is 2.23. The van der Waals surface area contributed by atoms with E-state index in [1.165, 1.54) is 12.0 Å². The highest BCUT2D eigenvalue weighted by molar-refractivity contribution is 5.42. The summed E-state index contributed by atoms with van der Waals surface area (Å²) < 4.78 is 0. The van der Waals surface area contributed by atoms with E-state index in [0.29, 0.717) is 5.92 Å². The highest BCUT2D eigenvalue weighted by Gasteiger charge is 2.15. The number of nitrogens with two attached hydrogens (primary N) is 1. The molecule has 0 aliphatic carbocycles. The Morgan fingerprint density at radius 1 is 1.42 bits per heavy atom. The molecule has 1 saturated heterocycles. The largest absolute Gasteiger partial charge is 0.399 e. The van der Waals surface area contributed by atoms with Crippen LogP contribution in [-0.4, -0.2) is 13.1 Å². The van der Waals surface area contributed by atoms with Gasteiger partial charge in [-0.15, -0.1) is 0 Å². The molecule has 1 aromatic carbocycles. The minimum atomic E-state index is 0.675. The van der Waals surface area contributed by atoms with Gasteiger partial charge in [-0.05, 0) is 36.6 Å². The van der Waals surface area contributed by atoms with Gasteiger partial charge >= 0.3 is 0 Å². The van der Waals surface area contributed by atoms with Crippen LogP contribution in [0.3, 0.4) is 0 Å². The van der Waals surface area contributed by atoms with Crippen LogP contribution in [0.15, 0.2) is 24.3 Å². The molecular weight excluding hydrogens is 148 g/mol. The number of anilines is 1. The molecule has 0 spiro atoms. The third kappa shape index (κ3) is 1.43. The van der Waals surface area contributed by atoms with E-state index < -0.39 is 0 Å². The Kier molecular flexibility index (Phi) is 2.00. The first-order chi connectivity index (χ1) is 5.86. The standard InChI is InChI=1S/C10H14N2/c11-10-3-1-2-8(6-10)9-4-5-12-7-9/h1-3,6,9,12H,4-5,7,11H2/t9-/m0/s1. The van der Waals surface area contributed by atoms with Gasteiger partial charge in [0.2, 0.25) is 0 Å². The molecule has 1 fully saturated rings. The average molecular weight is 162 g/mol. The molecule has 2 rings (SSSR count). The summed E-state index contributed by atoms with van der Waals surface area (Å²) in [6.45, 7) is 2.24. The lowest BCUT2D eigenvalue weighted by Crippen LogP contribution is -2.07. The first kappa shape index (κ1) is 7.62. The Morgan fingerprint density at radius 2 is 2.33 bits per heavy atom. The molecule has 0 radical (unpaired) electrons. The van der Waals surface area contributed by atoms with E-state index in [-0.39, 0.29) is 0 Å². The summed E-state index contributed by atoms with van der Waals surface area (Å²) in [5.41, 5.74) is 7.96. The molecule has 0 bridgehead atoms. The summed E-state index contributed by atoms with van der Waals surface area (Å²) in [6.07, 6.45) is 1.24. The topological polar surface area (TPSA) is 38.0 Å². The van der Waals surface area contributed by atoms with Crippen molar-refractivity contribution in [3.63, 3.8) is 0 Å². The number of benzene rings is 1. The predicted octanol–water partition coefficient (Wildman–Crippen LogP) is 1.35. The fourth-order valence-electron chi connectivity index (χ4n) is 1.75. The minimum Gasteiger partial charge on any atom is -0.399 e. The van der Waals surface area contributed by atoms with Crippen molar-refractivity contribution >= 4 is 5.69 Å². The Balaban J connectivity index is 2.21. The SMILES string of the molecule is Nc1cccc([C@H]2CCNC2)c1. The molecule has 1 heterocycles. The van der Waals surface area contributed by atoms with Crippen LogP contribution < -0.4 is 11.1 Å². The Bertz CT molecular complexity index is 264. The molecule has 2 nitrogen and oxygen atoms in total. The molecular formula is C10H14N2. The smallest absolute Gasteiger partial charge is 0.0316 e. The third-order valence-corrected chi connectivity index (χ3v) is 2.44. The molecule has 1 aliphatic rings. The van der Waals surface area contributed by atoms with Crippen molar-refractivity contribution in [2.24, 2.45) is 0 Å². The van der Waals surface area contributed by atoms with Gasteiger partial charge in [0.05, 0.1) is 0 Å². The van der Waals surface area contributed by atoms with Crippen molar-refractivity contribution < 1.29 is 0 Å². The summed E-state index contributed by atoms with van der Waals surface area (Å²) in [4.78, 5) is 0. The fraction of sp³-hybridized carbons (Fsp3) is 0.400. The molecule has 1 aromatic rings. The van der Waals surface area contributed by atoms with Crippen molar-refractivity contribution in [3.8, 4) is 0 Å². The van der Waals surface area contributed by atoms with Crippen LogP contribution in [0.2, 0.25) is 0 Å². The second-order valence-corrected chi connectivity index (χ2v) is 3.36. The molecule has 0 amide bonds. The van der Waals surface area contributed by atoms with E-state index in [1.807, 2.05) is 12.1 Å². The van der Waals surface area contributed by atoms with Gasteiger partial charge in [0.25, 0.3) is 0 Å². The van der Waals surface area contributed by atoms with E-state index in [2.05, 4.69) is 17.4 Å². The predicted molar refractivity (Wildman–Crippen MR) is 51.1 cm³/mol. The van der Waals surface area contributed by atoms with Gasteiger partial charge in [-0.1, -0.05) is 12.1 Å². The molecule has 12 heavy (non-hydrogen) atoms. The molecule has 1 atom stereocenters. The van der Waals surface area contributed by atoms with Gasteiger partial charge in [-0.2, -0.15) is 0 Å². The zero-order valence-electron chi connectivity index (χ0n) is 7.09. The lowest BCUT2D eigenvalue weighted by molar-refractivity contribution is 0.764. The molecule has 0 saturated carbocycles. The lowest BCUT2D eigenvalue weighted by Gasteiger charge is -2.08. The van der Waals surface area contributed by atoms with Crippen molar-refractivity contribution in [1.29, 1.82) is 0 Å². The van der Waals surface area contributed by atoms with E-state index in [1.54, 1.807) is 0 Å². The average Bonchev–Trinajstić information content (AvgIpc) is 2.56. The van der Waals surface area contributed by atoms with Gasteiger partial charge in [0, 0.05) is 12.2 Å². The Labute approximate surface area is 72.8 Å². The molecule has 0 aromatic heterocycles. The van der Waals surface area contributed by atoms with Gasteiger partial charge < -0.3 is 11.1 Å². The normalized spacial score (nSPS) is 22.8. The molecule has 2 heteroatoms. The van der Waals surface area contributed by atoms with Crippen molar-refractivity contribution in [2.45, 2.75) is 12.3 Å². The number of hydrogen-bond acceptors (Lipinski definition) is 2. The number of nitrogens with one attached hydrogen (secondary N) is 1. The van der Waals surface area contributed by atoms with Crippen LogP contribution in [-0.2, 0) is 0 Å². The maximum atomic E-state index is 5.71. The molecule has 1 aliphatic heterocycles. The van der Waals surface area contributed by atoms with Gasteiger partial charge in [0.1, 0.15) is 0 Å². The maximum Gasteiger partial charge on any atom is 0.0316 e. The fourth-order valence-corrected chi connectivity index (χ4v) is 1.75.